The van der Waals surface area contributed by atoms with E-state index in [-0.39, 0.29) is 0 Å². The molecule has 16 heavy (non-hydrogen) atoms. The molecule has 5 heteroatoms. The fourth-order valence-electron chi connectivity index (χ4n) is 1.44. The van der Waals surface area contributed by atoms with E-state index >= 15 is 0 Å². The van der Waals surface area contributed by atoms with E-state index in [0.29, 0.717) is 0 Å². The number of aromatic nitrogens is 2. The first-order valence-corrected chi connectivity index (χ1v) is 6.47. The van der Waals surface area contributed by atoms with Gasteiger partial charge in [-0.25, -0.2) is 4.98 Å². The third kappa shape index (κ3) is 2.16. The van der Waals surface area contributed by atoms with E-state index < -0.39 is 6.10 Å². The van der Waals surface area contributed by atoms with E-state index in [1.54, 1.807) is 13.1 Å². The smallest absolute Gasteiger partial charge is 0.143 e. The number of halogens is 1. The van der Waals surface area contributed by atoms with Gasteiger partial charge in [0.15, 0.2) is 0 Å². The van der Waals surface area contributed by atoms with Crippen molar-refractivity contribution in [2.45, 2.75) is 20.0 Å². The number of hydrogen-bond donors (Lipinski definition) is 1. The Morgan fingerprint density at radius 1 is 1.50 bits per heavy atom. The van der Waals surface area contributed by atoms with E-state index in [9.17, 15) is 5.11 Å². The summed E-state index contributed by atoms with van der Waals surface area (Å²) in [5, 5.41) is 10.4. The normalized spacial score (nSPS) is 12.8. The predicted octanol–water partition coefficient (Wildman–Crippen LogP) is 3.33. The van der Waals surface area contributed by atoms with Gasteiger partial charge in [0.25, 0.3) is 0 Å². The Hall–Kier alpha value is -0.780. The van der Waals surface area contributed by atoms with Gasteiger partial charge in [-0.2, -0.15) is 0 Å². The van der Waals surface area contributed by atoms with Crippen molar-refractivity contribution in [3.8, 4) is 10.7 Å². The second-order valence-corrected chi connectivity index (χ2v) is 5.36. The van der Waals surface area contributed by atoms with Crippen LogP contribution in [0.25, 0.3) is 10.7 Å². The molecule has 0 saturated heterocycles. The molecule has 84 valence electrons. The minimum Gasteiger partial charge on any atom is -0.388 e. The van der Waals surface area contributed by atoms with Crippen molar-refractivity contribution < 1.29 is 5.11 Å². The van der Waals surface area contributed by atoms with E-state index in [4.69, 9.17) is 0 Å². The zero-order valence-electron chi connectivity index (χ0n) is 8.94. The van der Waals surface area contributed by atoms with E-state index in [1.807, 2.05) is 19.1 Å². The highest BCUT2D eigenvalue weighted by Crippen LogP contribution is 2.33. The predicted molar refractivity (Wildman–Crippen MR) is 68.4 cm³/mol. The Labute approximate surface area is 106 Å². The van der Waals surface area contributed by atoms with Gasteiger partial charge in [-0.05, 0) is 41.9 Å². The lowest BCUT2D eigenvalue weighted by Crippen LogP contribution is -1.88. The van der Waals surface area contributed by atoms with Gasteiger partial charge in [-0.3, -0.25) is 4.98 Å². The van der Waals surface area contributed by atoms with E-state index in [0.717, 1.165) is 25.7 Å². The number of hydrogen-bond acceptors (Lipinski definition) is 4. The monoisotopic (exact) mass is 298 g/mol. The lowest BCUT2D eigenvalue weighted by Gasteiger charge is -1.99. The average Bonchev–Trinajstić information content (AvgIpc) is 2.61. The Bertz CT molecular complexity index is 510. The van der Waals surface area contributed by atoms with Gasteiger partial charge < -0.3 is 5.11 Å². The Balaban J connectivity index is 2.50. The van der Waals surface area contributed by atoms with Crippen LogP contribution in [0, 0.1) is 6.92 Å². The molecule has 0 saturated carbocycles. The van der Waals surface area contributed by atoms with Gasteiger partial charge >= 0.3 is 0 Å². The molecule has 0 bridgehead atoms. The summed E-state index contributed by atoms with van der Waals surface area (Å²) < 4.78 is 0.917. The Morgan fingerprint density at radius 3 is 2.81 bits per heavy atom. The molecular weight excluding hydrogens is 288 g/mol. The first-order chi connectivity index (χ1) is 7.59. The second-order valence-electron chi connectivity index (χ2n) is 3.48. The van der Waals surface area contributed by atoms with Crippen LogP contribution in [0.2, 0.25) is 0 Å². The van der Waals surface area contributed by atoms with E-state index in [2.05, 4.69) is 25.9 Å². The summed E-state index contributed by atoms with van der Waals surface area (Å²) in [4.78, 5) is 9.61. The maximum Gasteiger partial charge on any atom is 0.143 e. The Morgan fingerprint density at radius 2 is 2.25 bits per heavy atom. The standard InChI is InChI=1S/C11H11BrN2OS/c1-6-10(7(2)15)16-11(14-6)9-8(12)4-3-5-13-9/h3-5,7,15H,1-2H3. The van der Waals surface area contributed by atoms with Gasteiger partial charge in [0.05, 0.1) is 16.7 Å². The van der Waals surface area contributed by atoms with Crippen LogP contribution >= 0.6 is 27.3 Å². The van der Waals surface area contributed by atoms with E-state index in [1.165, 1.54) is 11.3 Å². The number of thiazole rings is 1. The van der Waals surface area contributed by atoms with Crippen LogP contribution in [0.3, 0.4) is 0 Å². The van der Waals surface area contributed by atoms with Crippen molar-refractivity contribution in [1.29, 1.82) is 0 Å². The van der Waals surface area contributed by atoms with Gasteiger partial charge in [0.1, 0.15) is 10.7 Å². The van der Waals surface area contributed by atoms with Crippen LogP contribution in [-0.2, 0) is 0 Å². The van der Waals surface area contributed by atoms with Gasteiger partial charge in [0, 0.05) is 10.7 Å². The molecule has 0 fully saturated rings. The molecule has 0 spiro atoms. The lowest BCUT2D eigenvalue weighted by atomic mass is 10.3. The molecule has 2 heterocycles. The molecule has 2 aromatic rings. The van der Waals surface area contributed by atoms with Crippen LogP contribution in [0.1, 0.15) is 23.6 Å². The third-order valence-corrected chi connectivity index (χ3v) is 4.15. The number of pyridine rings is 1. The van der Waals surface area contributed by atoms with Crippen LogP contribution in [0.5, 0.6) is 0 Å². The van der Waals surface area contributed by atoms with Gasteiger partial charge in [-0.15, -0.1) is 11.3 Å². The molecule has 2 rings (SSSR count). The second kappa shape index (κ2) is 4.61. The fraction of sp³-hybridized carbons (Fsp3) is 0.273. The molecule has 0 aliphatic carbocycles. The van der Waals surface area contributed by atoms with Gasteiger partial charge in [-0.1, -0.05) is 0 Å². The summed E-state index contributed by atoms with van der Waals surface area (Å²) in [6.07, 6.45) is 1.26. The van der Waals surface area contributed by atoms with Crippen molar-refractivity contribution in [2.75, 3.05) is 0 Å². The number of aliphatic hydroxyl groups is 1. The molecule has 0 aliphatic heterocycles. The molecule has 1 unspecified atom stereocenters. The first-order valence-electron chi connectivity index (χ1n) is 4.86. The highest BCUT2D eigenvalue weighted by atomic mass is 79.9. The van der Waals surface area contributed by atoms with Crippen LogP contribution in [-0.4, -0.2) is 15.1 Å². The summed E-state index contributed by atoms with van der Waals surface area (Å²) in [6.45, 7) is 3.65. The van der Waals surface area contributed by atoms with Crippen molar-refractivity contribution in [2.24, 2.45) is 0 Å². The summed E-state index contributed by atoms with van der Waals surface area (Å²) >= 11 is 4.93. The number of aliphatic hydroxyl groups excluding tert-OH is 1. The molecule has 0 aromatic carbocycles. The minimum atomic E-state index is -0.478. The zero-order valence-corrected chi connectivity index (χ0v) is 11.3. The van der Waals surface area contributed by atoms with Crippen LogP contribution in [0.15, 0.2) is 22.8 Å². The minimum absolute atomic E-state index is 0.478. The summed E-state index contributed by atoms with van der Waals surface area (Å²) in [7, 11) is 0. The molecule has 1 N–H and O–H groups in total. The molecule has 0 amide bonds. The Kier molecular flexibility index (Phi) is 3.37. The first kappa shape index (κ1) is 11.7. The van der Waals surface area contributed by atoms with Crippen molar-refractivity contribution >= 4 is 27.3 Å². The average molecular weight is 299 g/mol. The highest BCUT2D eigenvalue weighted by molar-refractivity contribution is 9.10. The highest BCUT2D eigenvalue weighted by Gasteiger charge is 2.15. The summed E-state index contributed by atoms with van der Waals surface area (Å²) in [5.41, 5.74) is 1.69. The van der Waals surface area contributed by atoms with Gasteiger partial charge in [0.2, 0.25) is 0 Å². The van der Waals surface area contributed by atoms with Crippen LogP contribution in [0.4, 0.5) is 0 Å². The quantitative estimate of drug-likeness (QED) is 0.925. The summed E-state index contributed by atoms with van der Waals surface area (Å²) in [5.74, 6) is 0. The maximum atomic E-state index is 9.57. The fourth-order valence-corrected chi connectivity index (χ4v) is 3.03. The molecule has 0 aliphatic rings. The molecule has 2 aromatic heterocycles. The number of nitrogens with zero attached hydrogens (tertiary/aromatic N) is 2. The lowest BCUT2D eigenvalue weighted by molar-refractivity contribution is 0.202. The topological polar surface area (TPSA) is 46.0 Å². The molecular formula is C11H11BrN2OS. The van der Waals surface area contributed by atoms with Crippen molar-refractivity contribution in [3.63, 3.8) is 0 Å². The van der Waals surface area contributed by atoms with Crippen molar-refractivity contribution in [3.05, 3.63) is 33.4 Å². The SMILES string of the molecule is Cc1nc(-c2ncccc2Br)sc1C(C)O. The van der Waals surface area contributed by atoms with Crippen LogP contribution < -0.4 is 0 Å². The zero-order chi connectivity index (χ0) is 11.7. The molecule has 1 atom stereocenters. The maximum absolute atomic E-state index is 9.57. The third-order valence-electron chi connectivity index (χ3n) is 2.17. The summed E-state index contributed by atoms with van der Waals surface area (Å²) in [6, 6.07) is 3.80. The molecule has 3 nitrogen and oxygen atoms in total. The molecule has 0 radical (unpaired) electrons. The van der Waals surface area contributed by atoms with Crippen molar-refractivity contribution in [1.82, 2.24) is 9.97 Å². The largest absolute Gasteiger partial charge is 0.388 e. The number of rotatable bonds is 2. The number of aryl methyl sites for hydroxylation is 1.